The summed E-state index contributed by atoms with van der Waals surface area (Å²) in [5, 5.41) is 0. The summed E-state index contributed by atoms with van der Waals surface area (Å²) in [6, 6.07) is 2.96. The Balaban J connectivity index is 2.20. The molecule has 0 aliphatic heterocycles. The quantitative estimate of drug-likeness (QED) is 0.723. The zero-order valence-corrected chi connectivity index (χ0v) is 12.6. The highest BCUT2D eigenvalue weighted by Gasteiger charge is 2.24. The Morgan fingerprint density at radius 3 is 2.23 bits per heavy atom. The summed E-state index contributed by atoms with van der Waals surface area (Å²) in [6.45, 7) is 0.0988. The molecule has 0 atom stereocenters. The molecule has 0 bridgehead atoms. The van der Waals surface area contributed by atoms with Crippen LogP contribution in [0.2, 0.25) is 0 Å². The summed E-state index contributed by atoms with van der Waals surface area (Å²) in [7, 11) is 2.84. The number of methoxy groups -OCH3 is 2. The van der Waals surface area contributed by atoms with Gasteiger partial charge in [0.05, 0.1) is 26.4 Å². The second-order valence-corrected chi connectivity index (χ2v) is 5.01. The van der Waals surface area contributed by atoms with Gasteiger partial charge in [-0.2, -0.15) is 0 Å². The van der Waals surface area contributed by atoms with Gasteiger partial charge in [0.2, 0.25) is 5.75 Å². The maximum atomic E-state index is 12.0. The predicted molar refractivity (Wildman–Crippen MR) is 77.2 cm³/mol. The smallest absolute Gasteiger partial charge is 0.338 e. The maximum absolute atomic E-state index is 12.0. The van der Waals surface area contributed by atoms with Gasteiger partial charge in [0.15, 0.2) is 18.1 Å². The van der Waals surface area contributed by atoms with E-state index in [4.69, 9.17) is 24.7 Å². The third-order valence-corrected chi connectivity index (χ3v) is 3.20. The average molecular weight is 309 g/mol. The van der Waals surface area contributed by atoms with Gasteiger partial charge in [0.25, 0.3) is 5.91 Å². The van der Waals surface area contributed by atoms with E-state index in [0.717, 1.165) is 12.8 Å². The first kappa shape index (κ1) is 15.9. The molecule has 22 heavy (non-hydrogen) atoms. The number of carbonyl (C=O) groups excluding carboxylic acids is 2. The first-order valence-corrected chi connectivity index (χ1v) is 6.89. The van der Waals surface area contributed by atoms with Crippen molar-refractivity contribution < 1.29 is 28.5 Å². The molecule has 1 aromatic carbocycles. The lowest BCUT2D eigenvalue weighted by atomic mass is 10.2. The molecule has 1 aliphatic carbocycles. The highest BCUT2D eigenvalue weighted by molar-refractivity contribution is 5.91. The molecule has 1 aliphatic rings. The summed E-state index contributed by atoms with van der Waals surface area (Å²) in [5.74, 6) is 0.133. The van der Waals surface area contributed by atoms with Crippen molar-refractivity contribution in [2.24, 2.45) is 11.7 Å². The lowest BCUT2D eigenvalue weighted by Crippen LogP contribution is -2.20. The Kier molecular flexibility index (Phi) is 5.08. The minimum absolute atomic E-state index is 0.211. The summed E-state index contributed by atoms with van der Waals surface area (Å²) in [4.78, 5) is 22.9. The molecule has 1 saturated carbocycles. The number of carbonyl (C=O) groups is 2. The van der Waals surface area contributed by atoms with Gasteiger partial charge in [-0.05, 0) is 30.9 Å². The molecule has 120 valence electrons. The summed E-state index contributed by atoms with van der Waals surface area (Å²) in [6.07, 6.45) is 2.19. The number of esters is 1. The molecule has 1 fully saturated rings. The molecule has 7 nitrogen and oxygen atoms in total. The number of amides is 1. The zero-order valence-electron chi connectivity index (χ0n) is 12.6. The third kappa shape index (κ3) is 4.03. The van der Waals surface area contributed by atoms with E-state index in [0.29, 0.717) is 18.1 Å². The second-order valence-electron chi connectivity index (χ2n) is 5.01. The average Bonchev–Trinajstić information content (AvgIpc) is 3.33. The van der Waals surface area contributed by atoms with E-state index in [2.05, 4.69) is 0 Å². The largest absolute Gasteiger partial charge is 0.493 e. The third-order valence-electron chi connectivity index (χ3n) is 3.20. The SMILES string of the molecule is COc1cc(C(=O)OCC2CC2)cc(OC)c1OCC(N)=O. The fraction of sp³-hybridized carbons (Fsp3) is 0.467. The van der Waals surface area contributed by atoms with Crippen LogP contribution in [-0.2, 0) is 9.53 Å². The number of ether oxygens (including phenoxy) is 4. The first-order chi connectivity index (χ1) is 10.5. The second kappa shape index (κ2) is 7.02. The van der Waals surface area contributed by atoms with Crippen LogP contribution in [0.15, 0.2) is 12.1 Å². The molecule has 7 heteroatoms. The number of benzene rings is 1. The molecular weight excluding hydrogens is 290 g/mol. The van der Waals surface area contributed by atoms with Gasteiger partial charge in [-0.15, -0.1) is 0 Å². The van der Waals surface area contributed by atoms with Crippen molar-refractivity contribution in [3.05, 3.63) is 17.7 Å². The topological polar surface area (TPSA) is 97.1 Å². The molecule has 0 aromatic heterocycles. The molecule has 0 unspecified atom stereocenters. The van der Waals surface area contributed by atoms with Crippen LogP contribution in [0.5, 0.6) is 17.2 Å². The summed E-state index contributed by atoms with van der Waals surface area (Å²) < 4.78 is 20.9. The van der Waals surface area contributed by atoms with Crippen molar-refractivity contribution in [3.63, 3.8) is 0 Å². The molecule has 1 amide bonds. The van der Waals surface area contributed by atoms with Crippen molar-refractivity contribution in [1.82, 2.24) is 0 Å². The van der Waals surface area contributed by atoms with E-state index in [-0.39, 0.29) is 23.9 Å². The van der Waals surface area contributed by atoms with Gasteiger partial charge in [-0.25, -0.2) is 4.79 Å². The van der Waals surface area contributed by atoms with Gasteiger partial charge in [0.1, 0.15) is 0 Å². The number of hydrogen-bond acceptors (Lipinski definition) is 6. The fourth-order valence-corrected chi connectivity index (χ4v) is 1.84. The number of nitrogens with two attached hydrogens (primary N) is 1. The molecule has 0 radical (unpaired) electrons. The lowest BCUT2D eigenvalue weighted by Gasteiger charge is -2.15. The molecular formula is C15H19NO6. The van der Waals surface area contributed by atoms with Crippen LogP contribution in [0.25, 0.3) is 0 Å². The van der Waals surface area contributed by atoms with E-state index in [1.54, 1.807) is 0 Å². The molecule has 1 aromatic rings. The highest BCUT2D eigenvalue weighted by atomic mass is 16.5. The van der Waals surface area contributed by atoms with E-state index in [9.17, 15) is 9.59 Å². The normalized spacial score (nSPS) is 13.4. The number of rotatable bonds is 8. The van der Waals surface area contributed by atoms with Crippen LogP contribution >= 0.6 is 0 Å². The van der Waals surface area contributed by atoms with Gasteiger partial charge < -0.3 is 24.7 Å². The number of hydrogen-bond donors (Lipinski definition) is 1. The van der Waals surface area contributed by atoms with Crippen molar-refractivity contribution in [3.8, 4) is 17.2 Å². The Hall–Kier alpha value is -2.44. The minimum atomic E-state index is -0.628. The van der Waals surface area contributed by atoms with Crippen molar-refractivity contribution in [2.75, 3.05) is 27.4 Å². The Morgan fingerprint density at radius 2 is 1.77 bits per heavy atom. The minimum Gasteiger partial charge on any atom is -0.493 e. The zero-order chi connectivity index (χ0) is 16.1. The predicted octanol–water partition coefficient (Wildman–Crippen LogP) is 1.13. The van der Waals surface area contributed by atoms with E-state index in [1.165, 1.54) is 26.4 Å². The molecule has 2 rings (SSSR count). The number of primary amides is 1. The molecule has 0 saturated heterocycles. The van der Waals surface area contributed by atoms with E-state index < -0.39 is 11.9 Å². The van der Waals surface area contributed by atoms with Crippen LogP contribution in [0.1, 0.15) is 23.2 Å². The standard InChI is InChI=1S/C15H19NO6/c1-19-11-5-10(15(18)22-7-9-3-4-9)6-12(20-2)14(11)21-8-13(16)17/h5-6,9H,3-4,7-8H2,1-2H3,(H2,16,17). The van der Waals surface area contributed by atoms with Crippen LogP contribution in [-0.4, -0.2) is 39.3 Å². The Bertz CT molecular complexity index is 542. The van der Waals surface area contributed by atoms with E-state index >= 15 is 0 Å². The van der Waals surface area contributed by atoms with Crippen LogP contribution in [0, 0.1) is 5.92 Å². The van der Waals surface area contributed by atoms with Crippen molar-refractivity contribution in [2.45, 2.75) is 12.8 Å². The fourth-order valence-electron chi connectivity index (χ4n) is 1.84. The lowest BCUT2D eigenvalue weighted by molar-refractivity contribution is -0.120. The van der Waals surface area contributed by atoms with Crippen molar-refractivity contribution in [1.29, 1.82) is 0 Å². The van der Waals surface area contributed by atoms with E-state index in [1.807, 2.05) is 0 Å². The first-order valence-electron chi connectivity index (χ1n) is 6.89. The van der Waals surface area contributed by atoms with Crippen LogP contribution in [0.4, 0.5) is 0 Å². The highest BCUT2D eigenvalue weighted by Crippen LogP contribution is 2.39. The van der Waals surface area contributed by atoms with Crippen molar-refractivity contribution >= 4 is 11.9 Å². The molecule has 0 spiro atoms. The van der Waals surface area contributed by atoms with Crippen LogP contribution < -0.4 is 19.9 Å². The monoisotopic (exact) mass is 309 g/mol. The Labute approximate surface area is 128 Å². The van der Waals surface area contributed by atoms with Gasteiger partial charge >= 0.3 is 5.97 Å². The van der Waals surface area contributed by atoms with Gasteiger partial charge in [-0.3, -0.25) is 4.79 Å². The molecule has 2 N–H and O–H groups in total. The molecule has 0 heterocycles. The Morgan fingerprint density at radius 1 is 1.18 bits per heavy atom. The summed E-state index contributed by atoms with van der Waals surface area (Å²) in [5.41, 5.74) is 5.35. The maximum Gasteiger partial charge on any atom is 0.338 e. The van der Waals surface area contributed by atoms with Gasteiger partial charge in [-0.1, -0.05) is 0 Å². The summed E-state index contributed by atoms with van der Waals surface area (Å²) >= 11 is 0. The van der Waals surface area contributed by atoms with Crippen LogP contribution in [0.3, 0.4) is 0 Å². The van der Waals surface area contributed by atoms with Gasteiger partial charge in [0, 0.05) is 0 Å².